The van der Waals surface area contributed by atoms with E-state index < -0.39 is 5.97 Å². The lowest BCUT2D eigenvalue weighted by molar-refractivity contribution is -0.145. The highest BCUT2D eigenvalue weighted by Crippen LogP contribution is 2.30. The molecule has 0 aromatic heterocycles. The van der Waals surface area contributed by atoms with E-state index in [1.54, 1.807) is 0 Å². The van der Waals surface area contributed by atoms with E-state index in [-0.39, 0.29) is 11.5 Å². The molecule has 0 aliphatic carbocycles. The van der Waals surface area contributed by atoms with Gasteiger partial charge in [0, 0.05) is 19.2 Å². The van der Waals surface area contributed by atoms with Crippen LogP contribution in [0.5, 0.6) is 0 Å². The summed E-state index contributed by atoms with van der Waals surface area (Å²) in [7, 11) is 0. The Morgan fingerprint density at radius 3 is 2.82 bits per heavy atom. The fourth-order valence-electron chi connectivity index (χ4n) is 3.05. The molecule has 2 fully saturated rings. The quantitative estimate of drug-likeness (QED) is 0.800. The van der Waals surface area contributed by atoms with Gasteiger partial charge >= 0.3 is 5.97 Å². The van der Waals surface area contributed by atoms with E-state index >= 15 is 0 Å². The summed E-state index contributed by atoms with van der Waals surface area (Å²) in [5.74, 6) is -0.810. The molecule has 0 radical (unpaired) electrons. The van der Waals surface area contributed by atoms with Crippen molar-refractivity contribution in [3.63, 3.8) is 0 Å². The van der Waals surface area contributed by atoms with Gasteiger partial charge in [0.2, 0.25) is 0 Å². The van der Waals surface area contributed by atoms with Crippen LogP contribution in [0.3, 0.4) is 0 Å². The molecule has 2 aliphatic rings. The average molecular weight is 241 g/mol. The number of hydrogen-bond donors (Lipinski definition) is 1. The maximum atomic E-state index is 11.1. The highest BCUT2D eigenvalue weighted by atomic mass is 16.5. The smallest absolute Gasteiger partial charge is 0.307 e. The van der Waals surface area contributed by atoms with Crippen molar-refractivity contribution in [1.29, 1.82) is 0 Å². The first-order valence-electron chi connectivity index (χ1n) is 6.59. The van der Waals surface area contributed by atoms with Crippen LogP contribution in [0, 0.1) is 5.92 Å². The maximum Gasteiger partial charge on any atom is 0.307 e. The van der Waals surface area contributed by atoms with Crippen LogP contribution in [0.25, 0.3) is 0 Å². The Morgan fingerprint density at radius 2 is 2.18 bits per heavy atom. The van der Waals surface area contributed by atoms with Crippen molar-refractivity contribution in [1.82, 2.24) is 4.90 Å². The molecule has 4 heteroatoms. The predicted molar refractivity (Wildman–Crippen MR) is 65.0 cm³/mol. The normalized spacial score (nSPS) is 34.5. The number of rotatable bonds is 2. The van der Waals surface area contributed by atoms with E-state index in [0.717, 1.165) is 45.4 Å². The third-order valence-corrected chi connectivity index (χ3v) is 3.99. The van der Waals surface area contributed by atoms with Crippen LogP contribution in [0.15, 0.2) is 0 Å². The minimum absolute atomic E-state index is 0.0565. The molecule has 0 spiro atoms. The Bertz CT molecular complexity index is 290. The number of nitrogens with zero attached hydrogens (tertiary/aromatic N) is 1. The first kappa shape index (κ1) is 12.8. The van der Waals surface area contributed by atoms with Crippen LogP contribution in [-0.4, -0.2) is 47.3 Å². The minimum Gasteiger partial charge on any atom is -0.481 e. The van der Waals surface area contributed by atoms with Crippen molar-refractivity contribution in [2.75, 3.05) is 19.7 Å². The van der Waals surface area contributed by atoms with Crippen LogP contribution < -0.4 is 0 Å². The van der Waals surface area contributed by atoms with E-state index in [1.807, 2.05) is 0 Å². The van der Waals surface area contributed by atoms with Gasteiger partial charge in [-0.1, -0.05) is 0 Å². The van der Waals surface area contributed by atoms with Crippen molar-refractivity contribution < 1.29 is 14.6 Å². The Kier molecular flexibility index (Phi) is 3.73. The number of ether oxygens (including phenoxy) is 1. The summed E-state index contributed by atoms with van der Waals surface area (Å²) in [5, 5.41) is 9.11. The Hall–Kier alpha value is -0.610. The monoisotopic (exact) mass is 241 g/mol. The second-order valence-corrected chi connectivity index (χ2v) is 5.93. The Balaban J connectivity index is 1.95. The lowest BCUT2D eigenvalue weighted by atomic mass is 9.89. The van der Waals surface area contributed by atoms with Gasteiger partial charge in [0.15, 0.2) is 0 Å². The molecule has 2 unspecified atom stereocenters. The molecule has 17 heavy (non-hydrogen) atoms. The summed E-state index contributed by atoms with van der Waals surface area (Å²) in [6.45, 7) is 6.81. The van der Waals surface area contributed by atoms with Gasteiger partial charge in [-0.15, -0.1) is 0 Å². The summed E-state index contributed by atoms with van der Waals surface area (Å²) in [4.78, 5) is 13.4. The summed E-state index contributed by atoms with van der Waals surface area (Å²) < 4.78 is 5.72. The number of piperidine rings is 1. The first-order valence-corrected chi connectivity index (χ1v) is 6.59. The predicted octanol–water partition coefficient (Wildman–Crippen LogP) is 1.74. The molecular weight excluding hydrogens is 218 g/mol. The van der Waals surface area contributed by atoms with Crippen LogP contribution in [0.2, 0.25) is 0 Å². The minimum atomic E-state index is -0.638. The molecule has 0 aromatic rings. The molecule has 0 saturated carbocycles. The van der Waals surface area contributed by atoms with Gasteiger partial charge in [-0.25, -0.2) is 0 Å². The molecule has 0 aromatic carbocycles. The molecule has 0 amide bonds. The molecule has 1 N–H and O–H groups in total. The summed E-state index contributed by atoms with van der Waals surface area (Å²) in [5.41, 5.74) is -0.0565. The SMILES string of the molecule is CC1(C)CC(N2CCCC(C(=O)O)C2)CCO1. The van der Waals surface area contributed by atoms with Gasteiger partial charge in [-0.05, 0) is 46.1 Å². The summed E-state index contributed by atoms with van der Waals surface area (Å²) in [6, 6.07) is 0.501. The van der Waals surface area contributed by atoms with Crippen molar-refractivity contribution in [2.45, 2.75) is 51.2 Å². The highest BCUT2D eigenvalue weighted by molar-refractivity contribution is 5.70. The number of likely N-dealkylation sites (tertiary alicyclic amines) is 1. The molecule has 2 rings (SSSR count). The van der Waals surface area contributed by atoms with Crippen molar-refractivity contribution in [3.8, 4) is 0 Å². The summed E-state index contributed by atoms with van der Waals surface area (Å²) >= 11 is 0. The van der Waals surface area contributed by atoms with Crippen LogP contribution in [0.4, 0.5) is 0 Å². The highest BCUT2D eigenvalue weighted by Gasteiger charge is 2.35. The summed E-state index contributed by atoms with van der Waals surface area (Å²) in [6.07, 6.45) is 3.89. The fourth-order valence-corrected chi connectivity index (χ4v) is 3.05. The number of carboxylic acid groups (broad SMARTS) is 1. The molecule has 2 aliphatic heterocycles. The zero-order valence-corrected chi connectivity index (χ0v) is 10.8. The molecule has 4 nitrogen and oxygen atoms in total. The van der Waals surface area contributed by atoms with Crippen molar-refractivity contribution in [2.24, 2.45) is 5.92 Å². The van der Waals surface area contributed by atoms with Gasteiger partial charge in [0.05, 0.1) is 11.5 Å². The second-order valence-electron chi connectivity index (χ2n) is 5.93. The number of hydrogen-bond acceptors (Lipinski definition) is 3. The second kappa shape index (κ2) is 4.94. The molecule has 2 saturated heterocycles. The molecule has 0 bridgehead atoms. The van der Waals surface area contributed by atoms with Crippen molar-refractivity contribution >= 4 is 5.97 Å². The van der Waals surface area contributed by atoms with Crippen molar-refractivity contribution in [3.05, 3.63) is 0 Å². The zero-order valence-electron chi connectivity index (χ0n) is 10.8. The molecule has 2 atom stereocenters. The van der Waals surface area contributed by atoms with E-state index in [9.17, 15) is 4.79 Å². The number of carbonyl (C=O) groups is 1. The fraction of sp³-hybridized carbons (Fsp3) is 0.923. The van der Waals surface area contributed by atoms with Gasteiger partial charge < -0.3 is 9.84 Å². The molecule has 98 valence electrons. The standard InChI is InChI=1S/C13H23NO3/c1-13(2)8-11(5-7-17-13)14-6-3-4-10(9-14)12(15)16/h10-11H,3-9H2,1-2H3,(H,15,16). The third kappa shape index (κ3) is 3.19. The topological polar surface area (TPSA) is 49.8 Å². The van der Waals surface area contributed by atoms with E-state index in [1.165, 1.54) is 0 Å². The van der Waals surface area contributed by atoms with Crippen LogP contribution in [0.1, 0.15) is 39.5 Å². The lowest BCUT2D eigenvalue weighted by Gasteiger charge is -2.43. The van der Waals surface area contributed by atoms with Gasteiger partial charge in [-0.3, -0.25) is 9.69 Å². The van der Waals surface area contributed by atoms with E-state index in [0.29, 0.717) is 6.04 Å². The van der Waals surface area contributed by atoms with Gasteiger partial charge in [0.1, 0.15) is 0 Å². The van der Waals surface area contributed by atoms with Crippen LogP contribution in [-0.2, 0) is 9.53 Å². The Labute approximate surface area is 103 Å². The first-order chi connectivity index (χ1) is 7.98. The third-order valence-electron chi connectivity index (χ3n) is 3.99. The Morgan fingerprint density at radius 1 is 1.41 bits per heavy atom. The molecule has 2 heterocycles. The van der Waals surface area contributed by atoms with Gasteiger partial charge in [0.25, 0.3) is 0 Å². The number of aliphatic carboxylic acids is 1. The van der Waals surface area contributed by atoms with E-state index in [4.69, 9.17) is 9.84 Å². The van der Waals surface area contributed by atoms with E-state index in [2.05, 4.69) is 18.7 Å². The van der Waals surface area contributed by atoms with Gasteiger partial charge in [-0.2, -0.15) is 0 Å². The maximum absolute atomic E-state index is 11.1. The number of carboxylic acids is 1. The van der Waals surface area contributed by atoms with Crippen LogP contribution >= 0.6 is 0 Å². The molecular formula is C13H23NO3. The zero-order chi connectivity index (χ0) is 12.5. The largest absolute Gasteiger partial charge is 0.481 e. The lowest BCUT2D eigenvalue weighted by Crippen LogP contribution is -2.50. The average Bonchev–Trinajstić information content (AvgIpc) is 2.28.